The second-order valence-electron chi connectivity index (χ2n) is 8.73. The summed E-state index contributed by atoms with van der Waals surface area (Å²) in [6, 6.07) is 30.6. The summed E-state index contributed by atoms with van der Waals surface area (Å²) in [6.07, 6.45) is 2.49. The average molecular weight is 451 g/mol. The molecule has 1 heterocycles. The quantitative estimate of drug-likeness (QED) is 0.320. The summed E-state index contributed by atoms with van der Waals surface area (Å²) in [7, 11) is 0. The minimum atomic E-state index is -0.299. The van der Waals surface area contributed by atoms with Crippen molar-refractivity contribution < 1.29 is 9.53 Å². The number of rotatable bonds is 8. The number of carbonyl (C=O) groups is 1. The molecule has 1 N–H and O–H groups in total. The molecule has 4 nitrogen and oxygen atoms in total. The molecule has 1 unspecified atom stereocenters. The fourth-order valence-electron chi connectivity index (χ4n) is 4.69. The first-order valence-electron chi connectivity index (χ1n) is 12.1. The Kier molecular flexibility index (Phi) is 6.48. The summed E-state index contributed by atoms with van der Waals surface area (Å²) in [5.41, 5.74) is 3.86. The molecule has 0 aromatic heterocycles. The number of carbonyl (C=O) groups excluding carboxylic acids is 1. The maximum atomic E-state index is 13.6. The molecule has 1 atom stereocenters. The van der Waals surface area contributed by atoms with Gasteiger partial charge in [0.2, 0.25) is 0 Å². The van der Waals surface area contributed by atoms with Gasteiger partial charge in [0.05, 0.1) is 12.2 Å². The number of anilines is 1. The first-order valence-corrected chi connectivity index (χ1v) is 12.1. The van der Waals surface area contributed by atoms with Crippen LogP contribution in [0.5, 0.6) is 5.75 Å². The molecule has 1 aliphatic rings. The van der Waals surface area contributed by atoms with E-state index in [0.29, 0.717) is 13.2 Å². The molecule has 0 bridgehead atoms. The van der Waals surface area contributed by atoms with E-state index in [0.717, 1.165) is 52.6 Å². The summed E-state index contributed by atoms with van der Waals surface area (Å²) in [4.78, 5) is 15.6. The Bertz CT molecular complexity index is 1290. The fourth-order valence-corrected chi connectivity index (χ4v) is 4.69. The van der Waals surface area contributed by atoms with Gasteiger partial charge in [-0.3, -0.25) is 4.79 Å². The highest BCUT2D eigenvalue weighted by Crippen LogP contribution is 2.40. The molecule has 0 fully saturated rings. The molecule has 4 heteroatoms. The molecule has 0 spiro atoms. The van der Waals surface area contributed by atoms with E-state index in [1.54, 1.807) is 0 Å². The van der Waals surface area contributed by atoms with Crippen molar-refractivity contribution in [2.24, 2.45) is 0 Å². The van der Waals surface area contributed by atoms with Gasteiger partial charge < -0.3 is 15.0 Å². The zero-order valence-corrected chi connectivity index (χ0v) is 19.5. The van der Waals surface area contributed by atoms with Gasteiger partial charge in [0.1, 0.15) is 11.9 Å². The molecular formula is C30H30N2O2. The van der Waals surface area contributed by atoms with Gasteiger partial charge >= 0.3 is 0 Å². The molecule has 0 saturated carbocycles. The third kappa shape index (κ3) is 4.36. The third-order valence-corrected chi connectivity index (χ3v) is 6.47. The van der Waals surface area contributed by atoms with Crippen LogP contribution in [0, 0.1) is 0 Å². The minimum absolute atomic E-state index is 0.0657. The number of para-hydroxylation sites is 1. The Balaban J connectivity index is 1.55. The first-order chi connectivity index (χ1) is 16.8. The lowest BCUT2D eigenvalue weighted by molar-refractivity contribution is 0.0679. The lowest BCUT2D eigenvalue weighted by Crippen LogP contribution is -2.43. The van der Waals surface area contributed by atoms with Crippen LogP contribution in [0.15, 0.2) is 91.0 Å². The van der Waals surface area contributed by atoms with E-state index in [-0.39, 0.29) is 12.1 Å². The maximum absolute atomic E-state index is 13.6. The van der Waals surface area contributed by atoms with Gasteiger partial charge in [0, 0.05) is 24.2 Å². The van der Waals surface area contributed by atoms with E-state index < -0.39 is 0 Å². The van der Waals surface area contributed by atoms with E-state index in [2.05, 4.69) is 60.8 Å². The van der Waals surface area contributed by atoms with Crippen molar-refractivity contribution in [3.05, 3.63) is 108 Å². The Hall–Kier alpha value is -3.79. The van der Waals surface area contributed by atoms with Crippen LogP contribution in [-0.2, 0) is 6.42 Å². The van der Waals surface area contributed by atoms with E-state index in [4.69, 9.17) is 4.74 Å². The smallest absolute Gasteiger partial charge is 0.257 e. The summed E-state index contributed by atoms with van der Waals surface area (Å²) in [5, 5.41) is 5.91. The van der Waals surface area contributed by atoms with Crippen LogP contribution < -0.4 is 10.1 Å². The van der Waals surface area contributed by atoms with Gasteiger partial charge in [0.15, 0.2) is 0 Å². The third-order valence-electron chi connectivity index (χ3n) is 6.47. The van der Waals surface area contributed by atoms with Crippen LogP contribution in [0.25, 0.3) is 10.8 Å². The lowest BCUT2D eigenvalue weighted by atomic mass is 9.97. The number of hydrogen-bond acceptors (Lipinski definition) is 3. The Morgan fingerprint density at radius 2 is 1.65 bits per heavy atom. The number of hydrogen-bond donors (Lipinski definition) is 1. The van der Waals surface area contributed by atoms with Crippen molar-refractivity contribution in [1.82, 2.24) is 4.90 Å². The lowest BCUT2D eigenvalue weighted by Gasteiger charge is -2.39. The number of ether oxygens (including phenoxy) is 1. The van der Waals surface area contributed by atoms with Gasteiger partial charge in [-0.25, -0.2) is 0 Å². The van der Waals surface area contributed by atoms with Gasteiger partial charge in [0.25, 0.3) is 5.91 Å². The highest BCUT2D eigenvalue weighted by atomic mass is 16.5. The van der Waals surface area contributed by atoms with E-state index in [1.165, 1.54) is 5.56 Å². The van der Waals surface area contributed by atoms with Crippen molar-refractivity contribution >= 4 is 22.4 Å². The Morgan fingerprint density at radius 3 is 2.50 bits per heavy atom. The van der Waals surface area contributed by atoms with Crippen LogP contribution in [0.2, 0.25) is 0 Å². The molecule has 0 radical (unpaired) electrons. The second kappa shape index (κ2) is 10.0. The molecule has 172 valence electrons. The standard InChI is InChI=1S/C30H30N2O2/c1-2-3-20-32-29(31-26-16-10-9-15-25(26)30(32)33)28-24-14-8-7-13-23(24)17-18-27(28)34-21-19-22-11-5-4-6-12-22/h4-18,29,31H,2-3,19-21H2,1H3. The van der Waals surface area contributed by atoms with Crippen LogP contribution in [0.3, 0.4) is 0 Å². The van der Waals surface area contributed by atoms with Crippen LogP contribution in [0.1, 0.15) is 47.4 Å². The molecule has 4 aromatic carbocycles. The summed E-state index contributed by atoms with van der Waals surface area (Å²) in [6.45, 7) is 3.41. The molecule has 4 aromatic rings. The zero-order valence-electron chi connectivity index (χ0n) is 19.5. The van der Waals surface area contributed by atoms with Gasteiger partial charge in [-0.1, -0.05) is 86.1 Å². The highest BCUT2D eigenvalue weighted by Gasteiger charge is 2.35. The SMILES string of the molecule is CCCCN1C(=O)c2ccccc2NC1c1c(OCCc2ccccc2)ccc2ccccc12. The Labute approximate surface area is 201 Å². The van der Waals surface area contributed by atoms with Crippen molar-refractivity contribution in [1.29, 1.82) is 0 Å². The van der Waals surface area contributed by atoms with Crippen LogP contribution in [0.4, 0.5) is 5.69 Å². The molecule has 0 aliphatic carbocycles. The van der Waals surface area contributed by atoms with Crippen LogP contribution in [-0.4, -0.2) is 24.0 Å². The monoisotopic (exact) mass is 450 g/mol. The maximum Gasteiger partial charge on any atom is 0.257 e. The van der Waals surface area contributed by atoms with Crippen LogP contribution >= 0.6 is 0 Å². The molecule has 1 amide bonds. The summed E-state index contributed by atoms with van der Waals surface area (Å²) < 4.78 is 6.40. The predicted molar refractivity (Wildman–Crippen MR) is 138 cm³/mol. The van der Waals surface area contributed by atoms with Gasteiger partial charge in [-0.05, 0) is 41.0 Å². The number of nitrogens with zero attached hydrogens (tertiary/aromatic N) is 1. The zero-order chi connectivity index (χ0) is 23.3. The van der Waals surface area contributed by atoms with Crippen molar-refractivity contribution in [2.45, 2.75) is 32.4 Å². The molecule has 34 heavy (non-hydrogen) atoms. The summed E-state index contributed by atoms with van der Waals surface area (Å²) >= 11 is 0. The number of amides is 1. The number of nitrogens with one attached hydrogen (secondary N) is 1. The highest BCUT2D eigenvalue weighted by molar-refractivity contribution is 6.02. The van der Waals surface area contributed by atoms with E-state index in [9.17, 15) is 4.79 Å². The van der Waals surface area contributed by atoms with E-state index in [1.807, 2.05) is 47.4 Å². The average Bonchev–Trinajstić information content (AvgIpc) is 2.88. The van der Waals surface area contributed by atoms with Crippen molar-refractivity contribution in [3.63, 3.8) is 0 Å². The number of benzene rings is 4. The molecule has 1 aliphatic heterocycles. The van der Waals surface area contributed by atoms with Gasteiger partial charge in [-0.2, -0.15) is 0 Å². The topological polar surface area (TPSA) is 41.6 Å². The number of fused-ring (bicyclic) bond motifs is 2. The van der Waals surface area contributed by atoms with Crippen molar-refractivity contribution in [2.75, 3.05) is 18.5 Å². The fraction of sp³-hybridized carbons (Fsp3) is 0.233. The second-order valence-corrected chi connectivity index (χ2v) is 8.73. The first kappa shape index (κ1) is 22.0. The minimum Gasteiger partial charge on any atom is -0.493 e. The predicted octanol–water partition coefficient (Wildman–Crippen LogP) is 6.83. The van der Waals surface area contributed by atoms with Gasteiger partial charge in [-0.15, -0.1) is 0 Å². The molecule has 0 saturated heterocycles. The summed E-state index contributed by atoms with van der Waals surface area (Å²) in [5.74, 6) is 0.886. The molecule has 5 rings (SSSR count). The van der Waals surface area contributed by atoms with Crippen molar-refractivity contribution in [3.8, 4) is 5.75 Å². The number of unbranched alkanes of at least 4 members (excludes halogenated alkanes) is 1. The Morgan fingerprint density at radius 1 is 0.882 bits per heavy atom. The normalized spacial score (nSPS) is 15.1. The largest absolute Gasteiger partial charge is 0.493 e. The molecular weight excluding hydrogens is 420 g/mol. The van der Waals surface area contributed by atoms with E-state index >= 15 is 0 Å².